The molecule has 1 atom stereocenters. The van der Waals surface area contributed by atoms with Crippen molar-refractivity contribution in [3.63, 3.8) is 0 Å². The molecule has 0 fully saturated rings. The summed E-state index contributed by atoms with van der Waals surface area (Å²) in [5, 5.41) is 9.63. The van der Waals surface area contributed by atoms with Gasteiger partial charge >= 0.3 is 5.97 Å². The smallest absolute Gasteiger partial charge is 0.305 e. The Labute approximate surface area is 124 Å². The summed E-state index contributed by atoms with van der Waals surface area (Å²) in [4.78, 5) is 15.5. The van der Waals surface area contributed by atoms with Gasteiger partial charge in [-0.15, -0.1) is 0 Å². The number of aryl methyl sites for hydroxylation is 1. The van der Waals surface area contributed by atoms with Crippen LogP contribution in [0.4, 0.5) is 0 Å². The molecule has 1 N–H and O–H groups in total. The summed E-state index contributed by atoms with van der Waals surface area (Å²) in [6.45, 7) is 1.74. The first-order valence-corrected chi connectivity index (χ1v) is 6.90. The standard InChI is InChI=1S/C17H19NO3/c1-12(19)13-4-3-5-14(10-13)15-6-7-16(18-11-15)8-9-17(20)21-2/h3-7,10-12,19H,8-9H2,1-2H3/t12-/m1/s1. The third-order valence-corrected chi connectivity index (χ3v) is 3.34. The highest BCUT2D eigenvalue weighted by Gasteiger charge is 2.05. The number of ether oxygens (including phenoxy) is 1. The normalized spacial score (nSPS) is 12.0. The zero-order chi connectivity index (χ0) is 15.2. The van der Waals surface area contributed by atoms with Gasteiger partial charge in [-0.1, -0.05) is 24.3 Å². The molecule has 0 radical (unpaired) electrons. The highest BCUT2D eigenvalue weighted by atomic mass is 16.5. The molecule has 0 aliphatic heterocycles. The zero-order valence-electron chi connectivity index (χ0n) is 12.2. The number of rotatable bonds is 5. The molecule has 0 aliphatic rings. The van der Waals surface area contributed by atoms with Crippen LogP contribution in [0, 0.1) is 0 Å². The van der Waals surface area contributed by atoms with Gasteiger partial charge in [0, 0.05) is 23.9 Å². The maximum absolute atomic E-state index is 11.1. The molecule has 0 unspecified atom stereocenters. The summed E-state index contributed by atoms with van der Waals surface area (Å²) in [5.41, 5.74) is 3.73. The van der Waals surface area contributed by atoms with Crippen molar-refractivity contribution in [1.29, 1.82) is 0 Å². The van der Waals surface area contributed by atoms with Gasteiger partial charge in [0.25, 0.3) is 0 Å². The van der Waals surface area contributed by atoms with Gasteiger partial charge in [-0.25, -0.2) is 0 Å². The molecule has 0 spiro atoms. The van der Waals surface area contributed by atoms with Crippen molar-refractivity contribution in [1.82, 2.24) is 4.98 Å². The number of aliphatic hydroxyl groups is 1. The molecule has 4 nitrogen and oxygen atoms in total. The topological polar surface area (TPSA) is 59.4 Å². The number of nitrogens with zero attached hydrogens (tertiary/aromatic N) is 1. The third kappa shape index (κ3) is 4.13. The Hall–Kier alpha value is -2.20. The lowest BCUT2D eigenvalue weighted by molar-refractivity contribution is -0.140. The van der Waals surface area contributed by atoms with Gasteiger partial charge in [0.2, 0.25) is 0 Å². The molecule has 110 valence electrons. The van der Waals surface area contributed by atoms with E-state index in [0.29, 0.717) is 12.8 Å². The minimum Gasteiger partial charge on any atom is -0.469 e. The van der Waals surface area contributed by atoms with Crippen LogP contribution in [0.25, 0.3) is 11.1 Å². The average Bonchev–Trinajstić information content (AvgIpc) is 2.53. The SMILES string of the molecule is COC(=O)CCc1ccc(-c2cccc([C@@H](C)O)c2)cn1. The lowest BCUT2D eigenvalue weighted by Crippen LogP contribution is -2.02. The first-order valence-electron chi connectivity index (χ1n) is 6.90. The van der Waals surface area contributed by atoms with Crippen LogP contribution in [0.15, 0.2) is 42.6 Å². The molecule has 2 aromatic rings. The Morgan fingerprint density at radius 2 is 2.10 bits per heavy atom. The molecule has 0 bridgehead atoms. The molecule has 21 heavy (non-hydrogen) atoms. The van der Waals surface area contributed by atoms with Crippen LogP contribution < -0.4 is 0 Å². The number of hydrogen-bond donors (Lipinski definition) is 1. The van der Waals surface area contributed by atoms with E-state index in [9.17, 15) is 9.90 Å². The van der Waals surface area contributed by atoms with Crippen LogP contribution in [0.5, 0.6) is 0 Å². The second-order valence-electron chi connectivity index (χ2n) is 4.92. The van der Waals surface area contributed by atoms with E-state index >= 15 is 0 Å². The summed E-state index contributed by atoms with van der Waals surface area (Å²) in [6.07, 6.45) is 2.20. The molecular formula is C17H19NO3. The van der Waals surface area contributed by atoms with Gasteiger partial charge in [0.05, 0.1) is 19.6 Å². The van der Waals surface area contributed by atoms with E-state index in [1.165, 1.54) is 7.11 Å². The number of carbonyl (C=O) groups excluding carboxylic acids is 1. The number of aliphatic hydroxyl groups excluding tert-OH is 1. The summed E-state index contributed by atoms with van der Waals surface area (Å²) < 4.78 is 4.61. The molecule has 1 aromatic heterocycles. The number of pyridine rings is 1. The van der Waals surface area contributed by atoms with Gasteiger partial charge in [0.15, 0.2) is 0 Å². The Bertz CT molecular complexity index is 606. The average molecular weight is 285 g/mol. The first kappa shape index (κ1) is 15.2. The maximum Gasteiger partial charge on any atom is 0.305 e. The van der Waals surface area contributed by atoms with E-state index in [2.05, 4.69) is 9.72 Å². The van der Waals surface area contributed by atoms with Crippen molar-refractivity contribution in [2.45, 2.75) is 25.9 Å². The predicted octanol–water partition coefficient (Wildman–Crippen LogP) is 2.91. The van der Waals surface area contributed by atoms with Crippen LogP contribution >= 0.6 is 0 Å². The molecule has 1 heterocycles. The summed E-state index contributed by atoms with van der Waals surface area (Å²) in [5.74, 6) is -0.231. The fraction of sp³-hybridized carbons (Fsp3) is 0.294. The van der Waals surface area contributed by atoms with Crippen LogP contribution in [-0.2, 0) is 16.0 Å². The van der Waals surface area contributed by atoms with E-state index in [4.69, 9.17) is 0 Å². The van der Waals surface area contributed by atoms with Crippen molar-refractivity contribution in [3.05, 3.63) is 53.9 Å². The lowest BCUT2D eigenvalue weighted by Gasteiger charge is -2.08. The highest BCUT2D eigenvalue weighted by molar-refractivity contribution is 5.69. The summed E-state index contributed by atoms with van der Waals surface area (Å²) >= 11 is 0. The second kappa shape index (κ2) is 6.99. The van der Waals surface area contributed by atoms with Gasteiger partial charge in [-0.2, -0.15) is 0 Å². The second-order valence-corrected chi connectivity index (χ2v) is 4.92. The molecular weight excluding hydrogens is 266 g/mol. The van der Waals surface area contributed by atoms with E-state index in [0.717, 1.165) is 22.4 Å². The third-order valence-electron chi connectivity index (χ3n) is 3.34. The Kier molecular flexibility index (Phi) is 5.06. The van der Waals surface area contributed by atoms with Crippen LogP contribution in [0.1, 0.15) is 30.7 Å². The molecule has 0 aliphatic carbocycles. The largest absolute Gasteiger partial charge is 0.469 e. The maximum atomic E-state index is 11.1. The minimum atomic E-state index is -0.489. The number of benzene rings is 1. The quantitative estimate of drug-likeness (QED) is 0.858. The van der Waals surface area contributed by atoms with E-state index < -0.39 is 6.10 Å². The first-order chi connectivity index (χ1) is 10.1. The number of carbonyl (C=O) groups is 1. The predicted molar refractivity (Wildman–Crippen MR) is 80.6 cm³/mol. The minimum absolute atomic E-state index is 0.231. The summed E-state index contributed by atoms with van der Waals surface area (Å²) in [6, 6.07) is 11.6. The van der Waals surface area contributed by atoms with Crippen LogP contribution in [0.3, 0.4) is 0 Å². The number of esters is 1. The number of aromatic nitrogens is 1. The number of hydrogen-bond acceptors (Lipinski definition) is 4. The monoisotopic (exact) mass is 285 g/mol. The fourth-order valence-electron chi connectivity index (χ4n) is 2.05. The Morgan fingerprint density at radius 3 is 2.71 bits per heavy atom. The Morgan fingerprint density at radius 1 is 1.29 bits per heavy atom. The molecule has 2 rings (SSSR count). The highest BCUT2D eigenvalue weighted by Crippen LogP contribution is 2.22. The lowest BCUT2D eigenvalue weighted by atomic mass is 10.0. The Balaban J connectivity index is 2.11. The van der Waals surface area contributed by atoms with E-state index in [1.54, 1.807) is 13.1 Å². The van der Waals surface area contributed by atoms with Crippen molar-refractivity contribution in [2.75, 3.05) is 7.11 Å². The summed E-state index contributed by atoms with van der Waals surface area (Å²) in [7, 11) is 1.38. The molecule has 4 heteroatoms. The van der Waals surface area contributed by atoms with Crippen molar-refractivity contribution in [3.8, 4) is 11.1 Å². The van der Waals surface area contributed by atoms with Gasteiger partial charge in [0.1, 0.15) is 0 Å². The van der Waals surface area contributed by atoms with E-state index in [-0.39, 0.29) is 5.97 Å². The van der Waals surface area contributed by atoms with Gasteiger partial charge in [-0.05, 0) is 30.2 Å². The molecule has 1 aromatic carbocycles. The van der Waals surface area contributed by atoms with E-state index in [1.807, 2.05) is 36.4 Å². The van der Waals surface area contributed by atoms with Gasteiger partial charge in [-0.3, -0.25) is 9.78 Å². The fourth-order valence-corrected chi connectivity index (χ4v) is 2.05. The van der Waals surface area contributed by atoms with Crippen LogP contribution in [-0.4, -0.2) is 23.2 Å². The van der Waals surface area contributed by atoms with Crippen LogP contribution in [0.2, 0.25) is 0 Å². The molecule has 0 saturated heterocycles. The van der Waals surface area contributed by atoms with Crippen molar-refractivity contribution >= 4 is 5.97 Å². The van der Waals surface area contributed by atoms with Crippen molar-refractivity contribution < 1.29 is 14.6 Å². The van der Waals surface area contributed by atoms with Gasteiger partial charge < -0.3 is 9.84 Å². The van der Waals surface area contributed by atoms with Crippen molar-refractivity contribution in [2.24, 2.45) is 0 Å². The molecule has 0 amide bonds. The number of methoxy groups -OCH3 is 1. The molecule has 0 saturated carbocycles. The zero-order valence-corrected chi connectivity index (χ0v) is 12.2.